The number of hydrogen-bond acceptors (Lipinski definition) is 3. The van der Waals surface area contributed by atoms with Crippen molar-refractivity contribution < 1.29 is 9.53 Å². The van der Waals surface area contributed by atoms with Crippen molar-refractivity contribution >= 4 is 6.09 Å². The molecule has 1 heterocycles. The Kier molecular flexibility index (Phi) is 3.92. The van der Waals surface area contributed by atoms with E-state index in [-0.39, 0.29) is 12.1 Å². The summed E-state index contributed by atoms with van der Waals surface area (Å²) >= 11 is 0. The molecule has 2 rings (SSSR count). The highest BCUT2D eigenvalue weighted by Gasteiger charge is 2.41. The van der Waals surface area contributed by atoms with Gasteiger partial charge in [-0.1, -0.05) is 13.8 Å². The predicted octanol–water partition coefficient (Wildman–Crippen LogP) is 2.04. The molecule has 1 atom stereocenters. The van der Waals surface area contributed by atoms with Gasteiger partial charge >= 0.3 is 6.09 Å². The monoisotopic (exact) mass is 240 g/mol. The minimum Gasteiger partial charge on any atom is -0.449 e. The van der Waals surface area contributed by atoms with Gasteiger partial charge in [-0.25, -0.2) is 4.79 Å². The van der Waals surface area contributed by atoms with Gasteiger partial charge in [-0.3, -0.25) is 0 Å². The summed E-state index contributed by atoms with van der Waals surface area (Å²) in [4.78, 5) is 11.6. The number of carbonyl (C=O) groups excluding carboxylic acids is 1. The van der Waals surface area contributed by atoms with Crippen LogP contribution in [0.1, 0.15) is 46.0 Å². The van der Waals surface area contributed by atoms with Crippen molar-refractivity contribution in [2.24, 2.45) is 5.92 Å². The van der Waals surface area contributed by atoms with Gasteiger partial charge in [0.2, 0.25) is 0 Å². The second-order valence-electron chi connectivity index (χ2n) is 5.89. The molecule has 4 nitrogen and oxygen atoms in total. The van der Waals surface area contributed by atoms with E-state index in [4.69, 9.17) is 4.74 Å². The summed E-state index contributed by atoms with van der Waals surface area (Å²) < 4.78 is 5.16. The Balaban J connectivity index is 1.73. The number of alkyl carbamates (subject to hydrolysis) is 1. The van der Waals surface area contributed by atoms with E-state index < -0.39 is 0 Å². The number of ether oxygens (including phenoxy) is 1. The van der Waals surface area contributed by atoms with Crippen LogP contribution < -0.4 is 10.6 Å². The maximum absolute atomic E-state index is 11.6. The van der Waals surface area contributed by atoms with Gasteiger partial charge in [-0.05, 0) is 44.6 Å². The fourth-order valence-electron chi connectivity index (χ4n) is 2.72. The average Bonchev–Trinajstić information content (AvgIpc) is 2.25. The van der Waals surface area contributed by atoms with Crippen LogP contribution in [-0.4, -0.2) is 30.8 Å². The molecule has 1 amide bonds. The molecule has 1 aliphatic heterocycles. The smallest absolute Gasteiger partial charge is 0.407 e. The quantitative estimate of drug-likeness (QED) is 0.793. The van der Waals surface area contributed by atoms with Crippen molar-refractivity contribution in [2.45, 2.75) is 57.5 Å². The van der Waals surface area contributed by atoms with Crippen molar-refractivity contribution in [3.05, 3.63) is 0 Å². The van der Waals surface area contributed by atoms with E-state index in [1.807, 2.05) is 13.8 Å². The molecule has 1 unspecified atom stereocenters. The molecule has 2 aliphatic rings. The van der Waals surface area contributed by atoms with E-state index in [0.717, 1.165) is 19.4 Å². The van der Waals surface area contributed by atoms with Crippen molar-refractivity contribution in [3.63, 3.8) is 0 Å². The minimum absolute atomic E-state index is 0.250. The van der Waals surface area contributed by atoms with Gasteiger partial charge in [-0.15, -0.1) is 0 Å². The molecular weight excluding hydrogens is 216 g/mol. The minimum atomic E-state index is -0.250. The molecule has 17 heavy (non-hydrogen) atoms. The summed E-state index contributed by atoms with van der Waals surface area (Å²) in [5, 5.41) is 6.59. The second-order valence-corrected chi connectivity index (χ2v) is 5.89. The molecule has 0 aromatic rings. The highest BCUT2D eigenvalue weighted by molar-refractivity contribution is 5.67. The molecule has 0 radical (unpaired) electrons. The van der Waals surface area contributed by atoms with E-state index >= 15 is 0 Å². The lowest BCUT2D eigenvalue weighted by Crippen LogP contribution is -2.59. The zero-order valence-electron chi connectivity index (χ0n) is 10.9. The molecule has 98 valence electrons. The van der Waals surface area contributed by atoms with E-state index in [1.165, 1.54) is 19.3 Å². The normalized spacial score (nSPS) is 26.6. The lowest BCUT2D eigenvalue weighted by Gasteiger charge is -2.48. The molecule has 1 saturated carbocycles. The Morgan fingerprint density at radius 1 is 1.53 bits per heavy atom. The Bertz CT molecular complexity index is 275. The number of amides is 1. The first-order valence-corrected chi connectivity index (χ1v) is 6.78. The molecule has 1 spiro atoms. The van der Waals surface area contributed by atoms with Crippen molar-refractivity contribution in [1.82, 2.24) is 10.6 Å². The molecule has 2 fully saturated rings. The van der Waals surface area contributed by atoms with E-state index in [2.05, 4.69) is 10.6 Å². The molecule has 0 bridgehead atoms. The number of rotatable bonds is 3. The summed E-state index contributed by atoms with van der Waals surface area (Å²) in [5.74, 6) is 0.395. The van der Waals surface area contributed by atoms with Gasteiger partial charge in [0, 0.05) is 11.6 Å². The lowest BCUT2D eigenvalue weighted by atomic mass is 9.70. The summed E-state index contributed by atoms with van der Waals surface area (Å²) in [6.07, 6.45) is 5.65. The van der Waals surface area contributed by atoms with Crippen LogP contribution in [0, 0.1) is 5.92 Å². The summed E-state index contributed by atoms with van der Waals surface area (Å²) in [6, 6.07) is 0.288. The molecule has 4 heteroatoms. The SMILES string of the molecule is CC(C)COC(=O)NC1CCNC2(CCC2)C1. The van der Waals surface area contributed by atoms with Crippen LogP contribution in [0.2, 0.25) is 0 Å². The molecule has 1 aliphatic carbocycles. The first-order chi connectivity index (χ1) is 8.10. The zero-order valence-corrected chi connectivity index (χ0v) is 10.9. The maximum atomic E-state index is 11.6. The third-order valence-corrected chi connectivity index (χ3v) is 3.81. The maximum Gasteiger partial charge on any atom is 0.407 e. The summed E-state index contributed by atoms with van der Waals surface area (Å²) in [5.41, 5.74) is 0.328. The summed E-state index contributed by atoms with van der Waals surface area (Å²) in [6.45, 7) is 5.60. The molecule has 2 N–H and O–H groups in total. The fourth-order valence-corrected chi connectivity index (χ4v) is 2.72. The number of piperidine rings is 1. The van der Waals surface area contributed by atoms with Crippen LogP contribution >= 0.6 is 0 Å². The molecule has 0 aromatic heterocycles. The van der Waals surface area contributed by atoms with Gasteiger partial charge in [0.1, 0.15) is 0 Å². The lowest BCUT2D eigenvalue weighted by molar-refractivity contribution is 0.101. The largest absolute Gasteiger partial charge is 0.449 e. The Hall–Kier alpha value is -0.770. The van der Waals surface area contributed by atoms with E-state index in [1.54, 1.807) is 0 Å². The van der Waals surface area contributed by atoms with Gasteiger partial charge in [0.05, 0.1) is 6.61 Å². The number of hydrogen-bond donors (Lipinski definition) is 2. The van der Waals surface area contributed by atoms with Gasteiger partial charge < -0.3 is 15.4 Å². The standard InChI is InChI=1S/C13H24N2O2/c1-10(2)9-17-12(16)15-11-4-7-14-13(8-11)5-3-6-13/h10-11,14H,3-9H2,1-2H3,(H,15,16). The topological polar surface area (TPSA) is 50.4 Å². The van der Waals surface area contributed by atoms with E-state index in [9.17, 15) is 4.79 Å². The first kappa shape index (κ1) is 12.7. The van der Waals surface area contributed by atoms with Crippen LogP contribution in [0.5, 0.6) is 0 Å². The van der Waals surface area contributed by atoms with Crippen LogP contribution in [-0.2, 0) is 4.74 Å². The highest BCUT2D eigenvalue weighted by atomic mass is 16.5. The van der Waals surface area contributed by atoms with Crippen molar-refractivity contribution in [1.29, 1.82) is 0 Å². The van der Waals surface area contributed by atoms with Crippen LogP contribution in [0.3, 0.4) is 0 Å². The van der Waals surface area contributed by atoms with Crippen LogP contribution in [0.15, 0.2) is 0 Å². The van der Waals surface area contributed by atoms with Crippen LogP contribution in [0.4, 0.5) is 4.79 Å². The van der Waals surface area contributed by atoms with Gasteiger partial charge in [0.15, 0.2) is 0 Å². The Labute approximate surface area is 103 Å². The third-order valence-electron chi connectivity index (χ3n) is 3.81. The second kappa shape index (κ2) is 5.25. The van der Waals surface area contributed by atoms with Crippen molar-refractivity contribution in [2.75, 3.05) is 13.2 Å². The summed E-state index contributed by atoms with van der Waals surface area (Å²) in [7, 11) is 0. The molecule has 1 saturated heterocycles. The zero-order chi connectivity index (χ0) is 12.3. The predicted molar refractivity (Wildman–Crippen MR) is 66.9 cm³/mol. The average molecular weight is 240 g/mol. The number of carbonyl (C=O) groups is 1. The number of nitrogens with one attached hydrogen (secondary N) is 2. The highest BCUT2D eigenvalue weighted by Crippen LogP contribution is 2.38. The van der Waals surface area contributed by atoms with Gasteiger partial charge in [-0.2, -0.15) is 0 Å². The van der Waals surface area contributed by atoms with Crippen molar-refractivity contribution in [3.8, 4) is 0 Å². The Morgan fingerprint density at radius 3 is 2.88 bits per heavy atom. The van der Waals surface area contributed by atoms with Gasteiger partial charge in [0.25, 0.3) is 0 Å². The third kappa shape index (κ3) is 3.35. The Morgan fingerprint density at radius 2 is 2.29 bits per heavy atom. The van der Waals surface area contributed by atoms with Crippen LogP contribution in [0.25, 0.3) is 0 Å². The molecule has 0 aromatic carbocycles. The first-order valence-electron chi connectivity index (χ1n) is 6.78. The molecular formula is C13H24N2O2. The fraction of sp³-hybridized carbons (Fsp3) is 0.923. The van der Waals surface area contributed by atoms with E-state index in [0.29, 0.717) is 18.1 Å².